The van der Waals surface area contributed by atoms with E-state index in [9.17, 15) is 10.1 Å². The number of non-ortho nitro benzene ring substituents is 1. The first-order valence-electron chi connectivity index (χ1n) is 7.69. The van der Waals surface area contributed by atoms with Crippen molar-refractivity contribution < 1.29 is 4.92 Å². The van der Waals surface area contributed by atoms with Crippen molar-refractivity contribution in [3.63, 3.8) is 0 Å². The molecule has 23 heavy (non-hydrogen) atoms. The Labute approximate surface area is 134 Å². The molecule has 2 heterocycles. The van der Waals surface area contributed by atoms with Crippen LogP contribution in [0.2, 0.25) is 0 Å². The van der Waals surface area contributed by atoms with Crippen LogP contribution >= 0.6 is 0 Å². The van der Waals surface area contributed by atoms with Gasteiger partial charge in [0.05, 0.1) is 4.92 Å². The molecule has 1 aromatic carbocycles. The van der Waals surface area contributed by atoms with Crippen molar-refractivity contribution >= 4 is 11.5 Å². The fourth-order valence-electron chi connectivity index (χ4n) is 2.93. The largest absolute Gasteiger partial charge is 0.366 e. The Kier molecular flexibility index (Phi) is 4.77. The zero-order chi connectivity index (χ0) is 16.1. The number of rotatable bonds is 5. The van der Waals surface area contributed by atoms with E-state index in [0.29, 0.717) is 6.04 Å². The van der Waals surface area contributed by atoms with Gasteiger partial charge in [-0.3, -0.25) is 15.0 Å². The fourth-order valence-corrected chi connectivity index (χ4v) is 2.93. The molecule has 1 N–H and O–H groups in total. The SMILES string of the molecule is O=[N+]([O-])c1cccc(CN2CCCC(Nc3ccncn3)C2)c1. The number of anilines is 1. The maximum Gasteiger partial charge on any atom is 0.269 e. The van der Waals surface area contributed by atoms with E-state index in [1.807, 2.05) is 12.1 Å². The van der Waals surface area contributed by atoms with Crippen LogP contribution in [0.25, 0.3) is 0 Å². The van der Waals surface area contributed by atoms with Crippen LogP contribution in [0.5, 0.6) is 0 Å². The maximum absolute atomic E-state index is 10.9. The van der Waals surface area contributed by atoms with Gasteiger partial charge in [0.15, 0.2) is 0 Å². The summed E-state index contributed by atoms with van der Waals surface area (Å²) in [4.78, 5) is 21.0. The molecule has 2 aromatic rings. The van der Waals surface area contributed by atoms with E-state index in [1.165, 1.54) is 12.4 Å². The second-order valence-electron chi connectivity index (χ2n) is 5.74. The van der Waals surface area contributed by atoms with Crippen LogP contribution in [0.15, 0.2) is 42.9 Å². The highest BCUT2D eigenvalue weighted by Crippen LogP contribution is 2.19. The van der Waals surface area contributed by atoms with Crippen molar-refractivity contribution in [2.75, 3.05) is 18.4 Å². The molecule has 0 radical (unpaired) electrons. The minimum atomic E-state index is -0.348. The van der Waals surface area contributed by atoms with Crippen molar-refractivity contribution in [2.24, 2.45) is 0 Å². The van der Waals surface area contributed by atoms with Gasteiger partial charge in [0.25, 0.3) is 5.69 Å². The molecule has 0 amide bonds. The van der Waals surface area contributed by atoms with Crippen molar-refractivity contribution in [3.05, 3.63) is 58.5 Å². The van der Waals surface area contributed by atoms with Crippen LogP contribution in [-0.4, -0.2) is 38.9 Å². The van der Waals surface area contributed by atoms with Crippen LogP contribution in [-0.2, 0) is 6.54 Å². The molecule has 1 aliphatic heterocycles. The Morgan fingerprint density at radius 1 is 1.39 bits per heavy atom. The summed E-state index contributed by atoms with van der Waals surface area (Å²) in [6, 6.07) is 9.06. The monoisotopic (exact) mass is 313 g/mol. The van der Waals surface area contributed by atoms with E-state index < -0.39 is 0 Å². The van der Waals surface area contributed by atoms with E-state index in [2.05, 4.69) is 20.2 Å². The lowest BCUT2D eigenvalue weighted by molar-refractivity contribution is -0.384. The summed E-state index contributed by atoms with van der Waals surface area (Å²) < 4.78 is 0. The molecule has 120 valence electrons. The standard InChI is InChI=1S/C16H19N5O2/c22-21(23)15-5-1-3-13(9-15)10-20-8-2-4-14(11-20)19-16-6-7-17-12-18-16/h1,3,5-7,9,12,14H,2,4,8,10-11H2,(H,17,18,19). The highest BCUT2D eigenvalue weighted by molar-refractivity contribution is 5.35. The molecule has 1 atom stereocenters. The summed E-state index contributed by atoms with van der Waals surface area (Å²) in [5, 5.41) is 14.3. The molecule has 0 bridgehead atoms. The van der Waals surface area contributed by atoms with E-state index in [1.54, 1.807) is 18.3 Å². The van der Waals surface area contributed by atoms with E-state index in [-0.39, 0.29) is 10.6 Å². The lowest BCUT2D eigenvalue weighted by Crippen LogP contribution is -2.41. The average molecular weight is 313 g/mol. The van der Waals surface area contributed by atoms with Crippen molar-refractivity contribution in [3.8, 4) is 0 Å². The maximum atomic E-state index is 10.9. The highest BCUT2D eigenvalue weighted by atomic mass is 16.6. The number of piperidine rings is 1. The van der Waals surface area contributed by atoms with Gasteiger partial charge in [-0.15, -0.1) is 0 Å². The molecule has 3 rings (SSSR count). The van der Waals surface area contributed by atoms with Gasteiger partial charge in [0.2, 0.25) is 0 Å². The van der Waals surface area contributed by atoms with Gasteiger partial charge in [-0.05, 0) is 31.0 Å². The molecule has 1 unspecified atom stereocenters. The van der Waals surface area contributed by atoms with Crippen molar-refractivity contribution in [2.45, 2.75) is 25.4 Å². The number of nitro groups is 1. The molecule has 0 spiro atoms. The van der Waals surface area contributed by atoms with E-state index in [0.717, 1.165) is 43.9 Å². The number of benzene rings is 1. The topological polar surface area (TPSA) is 84.2 Å². The second kappa shape index (κ2) is 7.15. The Morgan fingerprint density at radius 3 is 3.09 bits per heavy atom. The van der Waals surface area contributed by atoms with Gasteiger partial charge in [0.1, 0.15) is 12.1 Å². The molecule has 7 heteroatoms. The number of aromatic nitrogens is 2. The normalized spacial score (nSPS) is 18.5. The molecule has 1 aliphatic rings. The van der Waals surface area contributed by atoms with Crippen molar-refractivity contribution in [1.29, 1.82) is 0 Å². The van der Waals surface area contributed by atoms with E-state index in [4.69, 9.17) is 0 Å². The van der Waals surface area contributed by atoms with Gasteiger partial charge < -0.3 is 5.32 Å². The number of hydrogen-bond acceptors (Lipinski definition) is 6. The van der Waals surface area contributed by atoms with Crippen LogP contribution in [0.3, 0.4) is 0 Å². The smallest absolute Gasteiger partial charge is 0.269 e. The fraction of sp³-hybridized carbons (Fsp3) is 0.375. The number of hydrogen-bond donors (Lipinski definition) is 1. The average Bonchev–Trinajstić information content (AvgIpc) is 2.56. The summed E-state index contributed by atoms with van der Waals surface area (Å²) in [7, 11) is 0. The summed E-state index contributed by atoms with van der Waals surface area (Å²) in [6.45, 7) is 2.63. The van der Waals surface area contributed by atoms with Crippen LogP contribution in [0.1, 0.15) is 18.4 Å². The lowest BCUT2D eigenvalue weighted by atomic mass is 10.0. The Morgan fingerprint density at radius 2 is 2.30 bits per heavy atom. The third-order valence-corrected chi connectivity index (χ3v) is 3.97. The number of nitrogens with one attached hydrogen (secondary N) is 1. The molecule has 1 fully saturated rings. The number of likely N-dealkylation sites (tertiary alicyclic amines) is 1. The molecule has 1 aromatic heterocycles. The third-order valence-electron chi connectivity index (χ3n) is 3.97. The third kappa shape index (κ3) is 4.23. The summed E-state index contributed by atoms with van der Waals surface area (Å²) in [5.74, 6) is 0.835. The summed E-state index contributed by atoms with van der Waals surface area (Å²) >= 11 is 0. The predicted molar refractivity (Wildman–Crippen MR) is 87.1 cm³/mol. The van der Waals surface area contributed by atoms with Gasteiger partial charge >= 0.3 is 0 Å². The first-order chi connectivity index (χ1) is 11.2. The Bertz CT molecular complexity index is 665. The van der Waals surface area contributed by atoms with Crippen LogP contribution in [0, 0.1) is 10.1 Å². The second-order valence-corrected chi connectivity index (χ2v) is 5.74. The van der Waals surface area contributed by atoms with Crippen LogP contribution in [0.4, 0.5) is 11.5 Å². The van der Waals surface area contributed by atoms with Gasteiger partial charge in [0, 0.05) is 37.5 Å². The first-order valence-corrected chi connectivity index (χ1v) is 7.69. The molecule has 0 saturated carbocycles. The Hall–Kier alpha value is -2.54. The first kappa shape index (κ1) is 15.4. The summed E-state index contributed by atoms with van der Waals surface area (Å²) in [5.41, 5.74) is 1.12. The molecule has 1 saturated heterocycles. The zero-order valence-corrected chi connectivity index (χ0v) is 12.8. The molecular weight excluding hydrogens is 294 g/mol. The number of nitro benzene ring substituents is 1. The highest BCUT2D eigenvalue weighted by Gasteiger charge is 2.20. The minimum absolute atomic E-state index is 0.148. The van der Waals surface area contributed by atoms with Gasteiger partial charge in [-0.2, -0.15) is 0 Å². The van der Waals surface area contributed by atoms with Crippen LogP contribution < -0.4 is 5.32 Å². The quantitative estimate of drug-likeness (QED) is 0.674. The Balaban J connectivity index is 1.60. The number of nitrogens with zero attached hydrogens (tertiary/aromatic N) is 4. The predicted octanol–water partition coefficient (Wildman–Crippen LogP) is 2.46. The molecular formula is C16H19N5O2. The van der Waals surface area contributed by atoms with E-state index >= 15 is 0 Å². The molecule has 7 nitrogen and oxygen atoms in total. The summed E-state index contributed by atoms with van der Waals surface area (Å²) in [6.07, 6.45) is 5.44. The van der Waals surface area contributed by atoms with Gasteiger partial charge in [-0.1, -0.05) is 12.1 Å². The zero-order valence-electron chi connectivity index (χ0n) is 12.8. The van der Waals surface area contributed by atoms with Gasteiger partial charge in [-0.25, -0.2) is 9.97 Å². The lowest BCUT2D eigenvalue weighted by Gasteiger charge is -2.33. The molecule has 0 aliphatic carbocycles. The minimum Gasteiger partial charge on any atom is -0.366 e. The van der Waals surface area contributed by atoms with Crippen molar-refractivity contribution in [1.82, 2.24) is 14.9 Å².